The number of carbonyl (C=O) groups is 2. The molecule has 1 aliphatic heterocycles. The summed E-state index contributed by atoms with van der Waals surface area (Å²) in [7, 11) is 0. The number of carbonyl (C=O) groups excluding carboxylic acids is 2. The molecule has 3 rings (SSSR count). The molecule has 0 saturated heterocycles. The minimum Gasteiger partial charge on any atom is -0.334 e. The third kappa shape index (κ3) is 3.46. The zero-order valence-corrected chi connectivity index (χ0v) is 14.8. The summed E-state index contributed by atoms with van der Waals surface area (Å²) in [5.41, 5.74) is 5.12. The predicted octanol–water partition coefficient (Wildman–Crippen LogP) is 3.29. The third-order valence-corrected chi connectivity index (χ3v) is 4.82. The lowest BCUT2D eigenvalue weighted by Crippen LogP contribution is -2.31. The molecular weight excluding hydrogens is 335 g/mol. The lowest BCUT2D eigenvalue weighted by Gasteiger charge is -2.17. The van der Waals surface area contributed by atoms with Gasteiger partial charge in [-0.25, -0.2) is 9.87 Å². The molecule has 0 aromatic heterocycles. The van der Waals surface area contributed by atoms with E-state index in [0.717, 1.165) is 16.7 Å². The molecule has 0 saturated carbocycles. The number of nitrogens with zero attached hydrogens (tertiary/aromatic N) is 1. The highest BCUT2D eigenvalue weighted by atomic mass is 19.1. The number of benzene rings is 2. The van der Waals surface area contributed by atoms with Crippen molar-refractivity contribution in [2.75, 3.05) is 6.54 Å². The molecule has 6 heteroatoms. The molecule has 136 valence electrons. The van der Waals surface area contributed by atoms with E-state index in [4.69, 9.17) is 5.21 Å². The van der Waals surface area contributed by atoms with Crippen molar-refractivity contribution in [2.24, 2.45) is 5.92 Å². The van der Waals surface area contributed by atoms with E-state index in [1.54, 1.807) is 23.4 Å². The summed E-state index contributed by atoms with van der Waals surface area (Å²) in [4.78, 5) is 25.5. The van der Waals surface area contributed by atoms with Crippen LogP contribution < -0.4 is 5.48 Å². The van der Waals surface area contributed by atoms with Crippen LogP contribution in [0.5, 0.6) is 0 Å². The number of aryl methyl sites for hydroxylation is 1. The van der Waals surface area contributed by atoms with Gasteiger partial charge in [0.2, 0.25) is 5.91 Å². The molecule has 1 heterocycles. The first-order valence-corrected chi connectivity index (χ1v) is 8.53. The van der Waals surface area contributed by atoms with Crippen molar-refractivity contribution in [3.63, 3.8) is 0 Å². The number of fused-ring (bicyclic) bond motifs is 1. The van der Waals surface area contributed by atoms with Gasteiger partial charge in [0.05, 0.1) is 0 Å². The minimum absolute atomic E-state index is 0.231. The molecule has 0 fully saturated rings. The zero-order valence-electron chi connectivity index (χ0n) is 14.8. The summed E-state index contributed by atoms with van der Waals surface area (Å²) in [5, 5.41) is 8.66. The van der Waals surface area contributed by atoms with Crippen LogP contribution in [0.3, 0.4) is 0 Å². The van der Waals surface area contributed by atoms with Crippen molar-refractivity contribution < 1.29 is 19.2 Å². The fourth-order valence-corrected chi connectivity index (χ4v) is 3.12. The fourth-order valence-electron chi connectivity index (χ4n) is 3.12. The van der Waals surface area contributed by atoms with E-state index >= 15 is 0 Å². The molecule has 0 radical (unpaired) electrons. The average molecular weight is 356 g/mol. The second kappa shape index (κ2) is 7.25. The van der Waals surface area contributed by atoms with Crippen LogP contribution in [-0.4, -0.2) is 28.5 Å². The first kappa shape index (κ1) is 18.1. The Morgan fingerprint density at radius 2 is 1.96 bits per heavy atom. The first-order valence-electron chi connectivity index (χ1n) is 8.53. The predicted molar refractivity (Wildman–Crippen MR) is 95.0 cm³/mol. The summed E-state index contributed by atoms with van der Waals surface area (Å²) >= 11 is 0. The monoisotopic (exact) mass is 356 g/mol. The lowest BCUT2D eigenvalue weighted by molar-refractivity contribution is -0.133. The van der Waals surface area contributed by atoms with Crippen molar-refractivity contribution in [1.29, 1.82) is 0 Å². The Balaban J connectivity index is 1.79. The van der Waals surface area contributed by atoms with Gasteiger partial charge in [-0.15, -0.1) is 0 Å². The molecule has 1 unspecified atom stereocenters. The quantitative estimate of drug-likeness (QED) is 0.638. The fraction of sp³-hybridized carbons (Fsp3) is 0.300. The number of hydrogen-bond donors (Lipinski definition) is 2. The van der Waals surface area contributed by atoms with Gasteiger partial charge in [0.25, 0.3) is 5.91 Å². The normalized spacial score (nSPS) is 14.3. The molecule has 0 aliphatic carbocycles. The van der Waals surface area contributed by atoms with Crippen molar-refractivity contribution >= 4 is 11.8 Å². The Labute approximate surface area is 151 Å². The van der Waals surface area contributed by atoms with E-state index in [9.17, 15) is 14.0 Å². The average Bonchev–Trinajstić information content (AvgIpc) is 2.94. The van der Waals surface area contributed by atoms with Crippen LogP contribution in [0.2, 0.25) is 0 Å². The lowest BCUT2D eigenvalue weighted by atomic mass is 9.99. The molecule has 1 atom stereocenters. The molecule has 5 nitrogen and oxygen atoms in total. The Bertz CT molecular complexity index is 849. The van der Waals surface area contributed by atoms with Crippen molar-refractivity contribution in [3.05, 3.63) is 58.9 Å². The first-order chi connectivity index (χ1) is 12.4. The number of hydrogen-bond acceptors (Lipinski definition) is 3. The van der Waals surface area contributed by atoms with Crippen molar-refractivity contribution in [2.45, 2.75) is 26.8 Å². The van der Waals surface area contributed by atoms with Crippen LogP contribution in [0.25, 0.3) is 11.1 Å². The van der Waals surface area contributed by atoms with E-state index in [1.165, 1.54) is 6.07 Å². The standard InChI is InChI=1S/C20H21FN2O3/c1-12-3-5-14(6-4-12)16-9-15-11-23(8-7-13(2)19(24)22-26)20(25)17(15)10-18(16)21/h3-6,9-10,13,26H,7-8,11H2,1-2H3,(H,22,24). The van der Waals surface area contributed by atoms with E-state index < -0.39 is 17.6 Å². The van der Waals surface area contributed by atoms with Gasteiger partial charge in [-0.3, -0.25) is 14.8 Å². The SMILES string of the molecule is Cc1ccc(-c2cc3c(cc2F)C(=O)N(CCC(C)C(=O)NO)C3)cc1. The number of rotatable bonds is 5. The zero-order chi connectivity index (χ0) is 18.8. The van der Waals surface area contributed by atoms with Crippen LogP contribution in [-0.2, 0) is 11.3 Å². The van der Waals surface area contributed by atoms with Gasteiger partial charge in [-0.1, -0.05) is 36.8 Å². The second-order valence-electron chi connectivity index (χ2n) is 6.75. The van der Waals surface area contributed by atoms with Crippen LogP contribution >= 0.6 is 0 Å². The smallest absolute Gasteiger partial charge is 0.254 e. The summed E-state index contributed by atoms with van der Waals surface area (Å²) < 4.78 is 14.5. The van der Waals surface area contributed by atoms with Gasteiger partial charge >= 0.3 is 0 Å². The van der Waals surface area contributed by atoms with Crippen molar-refractivity contribution in [1.82, 2.24) is 10.4 Å². The Kier molecular flexibility index (Phi) is 5.04. The van der Waals surface area contributed by atoms with E-state index in [0.29, 0.717) is 30.6 Å². The molecule has 2 N–H and O–H groups in total. The Hall–Kier alpha value is -2.73. The summed E-state index contributed by atoms with van der Waals surface area (Å²) in [5.74, 6) is -1.56. The molecule has 2 aromatic carbocycles. The van der Waals surface area contributed by atoms with E-state index in [2.05, 4.69) is 0 Å². The van der Waals surface area contributed by atoms with Gasteiger partial charge in [-0.05, 0) is 36.6 Å². The molecule has 26 heavy (non-hydrogen) atoms. The molecule has 0 spiro atoms. The highest BCUT2D eigenvalue weighted by Crippen LogP contribution is 2.31. The highest BCUT2D eigenvalue weighted by Gasteiger charge is 2.29. The Morgan fingerprint density at radius 3 is 2.62 bits per heavy atom. The maximum Gasteiger partial charge on any atom is 0.254 e. The number of amides is 2. The maximum absolute atomic E-state index is 14.5. The molecular formula is C20H21FN2O3. The number of nitrogens with one attached hydrogen (secondary N) is 1. The summed E-state index contributed by atoms with van der Waals surface area (Å²) in [6.07, 6.45) is 0.416. The van der Waals surface area contributed by atoms with E-state index in [-0.39, 0.29) is 5.91 Å². The molecule has 2 aromatic rings. The molecule has 1 aliphatic rings. The van der Waals surface area contributed by atoms with Crippen LogP contribution in [0, 0.1) is 18.7 Å². The van der Waals surface area contributed by atoms with Gasteiger partial charge in [-0.2, -0.15) is 0 Å². The van der Waals surface area contributed by atoms with Gasteiger partial charge in [0.15, 0.2) is 0 Å². The molecule has 0 bridgehead atoms. The van der Waals surface area contributed by atoms with Gasteiger partial charge < -0.3 is 4.90 Å². The van der Waals surface area contributed by atoms with Crippen LogP contribution in [0.15, 0.2) is 36.4 Å². The number of halogens is 1. The van der Waals surface area contributed by atoms with Gasteiger partial charge in [0.1, 0.15) is 5.82 Å². The molecule has 2 amide bonds. The number of hydroxylamine groups is 1. The van der Waals surface area contributed by atoms with E-state index in [1.807, 2.05) is 31.2 Å². The maximum atomic E-state index is 14.5. The minimum atomic E-state index is -0.484. The Morgan fingerprint density at radius 1 is 1.27 bits per heavy atom. The van der Waals surface area contributed by atoms with Gasteiger partial charge in [0, 0.05) is 30.1 Å². The summed E-state index contributed by atoms with van der Waals surface area (Å²) in [6.45, 7) is 4.40. The van der Waals surface area contributed by atoms with Crippen LogP contribution in [0.1, 0.15) is 34.8 Å². The highest BCUT2D eigenvalue weighted by molar-refractivity contribution is 5.99. The second-order valence-corrected chi connectivity index (χ2v) is 6.75. The largest absolute Gasteiger partial charge is 0.334 e. The topological polar surface area (TPSA) is 69.6 Å². The third-order valence-electron chi connectivity index (χ3n) is 4.82. The van der Waals surface area contributed by atoms with Crippen LogP contribution in [0.4, 0.5) is 4.39 Å². The van der Waals surface area contributed by atoms with Crippen molar-refractivity contribution in [3.8, 4) is 11.1 Å². The summed E-state index contributed by atoms with van der Waals surface area (Å²) in [6, 6.07) is 10.6.